The van der Waals surface area contributed by atoms with E-state index >= 15 is 0 Å². The van der Waals surface area contributed by atoms with Gasteiger partial charge < -0.3 is 19.1 Å². The van der Waals surface area contributed by atoms with Crippen LogP contribution in [0.25, 0.3) is 0 Å². The number of hydrogen-bond acceptors (Lipinski definition) is 3. The van der Waals surface area contributed by atoms with Crippen LogP contribution < -0.4 is 0 Å². The Labute approximate surface area is 137 Å². The number of aryl methyl sites for hydroxylation is 1. The Hall–Kier alpha value is -1.82. The van der Waals surface area contributed by atoms with E-state index in [1.54, 1.807) is 9.80 Å². The van der Waals surface area contributed by atoms with Crippen LogP contribution in [0.5, 0.6) is 0 Å². The van der Waals surface area contributed by atoms with Gasteiger partial charge in [-0.3, -0.25) is 9.59 Å². The molecule has 2 aliphatic heterocycles. The van der Waals surface area contributed by atoms with Gasteiger partial charge in [0, 0.05) is 24.5 Å². The zero-order valence-corrected chi connectivity index (χ0v) is 14.2. The van der Waals surface area contributed by atoms with Gasteiger partial charge in [-0.1, -0.05) is 0 Å². The molecule has 0 aliphatic carbocycles. The molecule has 1 unspecified atom stereocenters. The summed E-state index contributed by atoms with van der Waals surface area (Å²) in [4.78, 5) is 28.0. The predicted molar refractivity (Wildman–Crippen MR) is 86.3 cm³/mol. The maximum absolute atomic E-state index is 12.8. The number of carbonyl (C=O) groups is 2. The summed E-state index contributed by atoms with van der Waals surface area (Å²) >= 11 is 0. The summed E-state index contributed by atoms with van der Waals surface area (Å²) in [5, 5.41) is 0. The third-order valence-corrected chi connectivity index (χ3v) is 4.91. The number of aromatic nitrogens is 1. The number of nitrogens with zero attached hydrogens (tertiary/aromatic N) is 3. The molecule has 1 aromatic rings. The molecule has 2 amide bonds. The quantitative estimate of drug-likeness (QED) is 0.852. The number of hydrogen-bond donors (Lipinski definition) is 0. The highest BCUT2D eigenvalue weighted by Crippen LogP contribution is 2.27. The molecule has 6 nitrogen and oxygen atoms in total. The van der Waals surface area contributed by atoms with Gasteiger partial charge in [0.05, 0.1) is 24.9 Å². The molecule has 0 spiro atoms. The first kappa shape index (κ1) is 16.1. The van der Waals surface area contributed by atoms with Crippen LogP contribution in [0.1, 0.15) is 47.6 Å². The van der Waals surface area contributed by atoms with E-state index in [-0.39, 0.29) is 18.4 Å². The van der Waals surface area contributed by atoms with Gasteiger partial charge in [0.15, 0.2) is 0 Å². The van der Waals surface area contributed by atoms with E-state index in [2.05, 4.69) is 4.57 Å². The zero-order valence-electron chi connectivity index (χ0n) is 14.2. The summed E-state index contributed by atoms with van der Waals surface area (Å²) in [5.74, 6) is -0.0271. The average molecular weight is 319 g/mol. The maximum atomic E-state index is 12.8. The van der Waals surface area contributed by atoms with Gasteiger partial charge in [0.25, 0.3) is 5.91 Å². The number of carbonyl (C=O) groups excluding carboxylic acids is 2. The van der Waals surface area contributed by atoms with Crippen molar-refractivity contribution in [3.8, 4) is 0 Å². The topological polar surface area (TPSA) is 54.8 Å². The second kappa shape index (κ2) is 6.35. The summed E-state index contributed by atoms with van der Waals surface area (Å²) in [5.41, 5.74) is 2.77. The van der Waals surface area contributed by atoms with E-state index in [9.17, 15) is 9.59 Å². The molecule has 126 valence electrons. The van der Waals surface area contributed by atoms with Crippen LogP contribution in [0.2, 0.25) is 0 Å². The van der Waals surface area contributed by atoms with E-state index < -0.39 is 0 Å². The molecule has 3 heterocycles. The number of ether oxygens (including phenoxy) is 1. The lowest BCUT2D eigenvalue weighted by molar-refractivity contribution is -0.126. The SMILES string of the molecule is CCN1CN(C(=O)c2cc(C)n(C3CCCOC3)c2C)CC1=O. The van der Waals surface area contributed by atoms with E-state index in [0.717, 1.165) is 30.8 Å². The van der Waals surface area contributed by atoms with Crippen LogP contribution in [0.15, 0.2) is 6.07 Å². The monoisotopic (exact) mass is 319 g/mol. The van der Waals surface area contributed by atoms with Gasteiger partial charge >= 0.3 is 0 Å². The van der Waals surface area contributed by atoms with Crippen molar-refractivity contribution in [1.82, 2.24) is 14.4 Å². The van der Waals surface area contributed by atoms with Crippen LogP contribution in [0.3, 0.4) is 0 Å². The molecule has 2 fully saturated rings. The molecule has 2 aliphatic rings. The minimum Gasteiger partial charge on any atom is -0.379 e. The lowest BCUT2D eigenvalue weighted by atomic mass is 10.1. The number of rotatable bonds is 3. The van der Waals surface area contributed by atoms with Crippen molar-refractivity contribution in [3.63, 3.8) is 0 Å². The summed E-state index contributed by atoms with van der Waals surface area (Å²) < 4.78 is 7.82. The lowest BCUT2D eigenvalue weighted by Gasteiger charge is -2.26. The van der Waals surface area contributed by atoms with Crippen LogP contribution in [0.4, 0.5) is 0 Å². The molecule has 3 rings (SSSR count). The smallest absolute Gasteiger partial charge is 0.257 e. The van der Waals surface area contributed by atoms with Crippen LogP contribution in [-0.4, -0.2) is 59.2 Å². The molecule has 0 radical (unpaired) electrons. The largest absolute Gasteiger partial charge is 0.379 e. The van der Waals surface area contributed by atoms with Crippen LogP contribution in [0, 0.1) is 13.8 Å². The van der Waals surface area contributed by atoms with Crippen molar-refractivity contribution in [1.29, 1.82) is 0 Å². The average Bonchev–Trinajstić information content (AvgIpc) is 3.07. The molecular weight excluding hydrogens is 294 g/mol. The molecule has 0 saturated carbocycles. The van der Waals surface area contributed by atoms with Crippen molar-refractivity contribution in [3.05, 3.63) is 23.0 Å². The Morgan fingerprint density at radius 2 is 2.17 bits per heavy atom. The summed E-state index contributed by atoms with van der Waals surface area (Å²) in [6.45, 7) is 8.70. The van der Waals surface area contributed by atoms with E-state index in [1.165, 1.54) is 0 Å². The third-order valence-electron chi connectivity index (χ3n) is 4.91. The summed E-state index contributed by atoms with van der Waals surface area (Å²) in [7, 11) is 0. The van der Waals surface area contributed by atoms with Crippen LogP contribution >= 0.6 is 0 Å². The Morgan fingerprint density at radius 1 is 1.39 bits per heavy atom. The first-order valence-electron chi connectivity index (χ1n) is 8.36. The fourth-order valence-corrected chi connectivity index (χ4v) is 3.66. The first-order chi connectivity index (χ1) is 11.0. The molecular formula is C17H25N3O3. The second-order valence-corrected chi connectivity index (χ2v) is 6.42. The highest BCUT2D eigenvalue weighted by Gasteiger charge is 2.32. The molecule has 0 bridgehead atoms. The number of likely N-dealkylation sites (N-methyl/N-ethyl adjacent to an activating group) is 1. The third kappa shape index (κ3) is 2.87. The van der Waals surface area contributed by atoms with Gasteiger partial charge in [-0.2, -0.15) is 0 Å². The number of amides is 2. The summed E-state index contributed by atoms with van der Waals surface area (Å²) in [6, 6.07) is 2.25. The predicted octanol–water partition coefficient (Wildman–Crippen LogP) is 1.72. The molecule has 2 saturated heterocycles. The fourth-order valence-electron chi connectivity index (χ4n) is 3.66. The fraction of sp³-hybridized carbons (Fsp3) is 0.647. The van der Waals surface area contributed by atoms with E-state index in [1.807, 2.05) is 26.8 Å². The molecule has 0 aromatic carbocycles. The van der Waals surface area contributed by atoms with Crippen molar-refractivity contribution in [2.24, 2.45) is 0 Å². The van der Waals surface area contributed by atoms with Gasteiger partial charge in [-0.15, -0.1) is 0 Å². The normalized spacial score (nSPS) is 22.0. The van der Waals surface area contributed by atoms with Gasteiger partial charge in [0.1, 0.15) is 6.54 Å². The second-order valence-electron chi connectivity index (χ2n) is 6.42. The molecule has 1 atom stereocenters. The standard InChI is InChI=1S/C17H25N3O3/c1-4-18-11-19(9-16(18)21)17(22)15-8-12(2)20(13(15)3)14-6-5-7-23-10-14/h8,14H,4-7,9-11H2,1-3H3. The Balaban J connectivity index is 1.83. The van der Waals surface area contributed by atoms with E-state index in [4.69, 9.17) is 4.74 Å². The van der Waals surface area contributed by atoms with Gasteiger partial charge in [0.2, 0.25) is 5.91 Å². The van der Waals surface area contributed by atoms with Crippen LogP contribution in [-0.2, 0) is 9.53 Å². The van der Waals surface area contributed by atoms with Crippen molar-refractivity contribution in [2.75, 3.05) is 33.0 Å². The first-order valence-corrected chi connectivity index (χ1v) is 8.36. The Kier molecular flexibility index (Phi) is 4.43. The summed E-state index contributed by atoms with van der Waals surface area (Å²) in [6.07, 6.45) is 2.13. The Bertz CT molecular complexity index is 617. The minimum atomic E-state index is -0.0506. The van der Waals surface area contributed by atoms with Crippen molar-refractivity contribution < 1.29 is 14.3 Å². The molecule has 0 N–H and O–H groups in total. The van der Waals surface area contributed by atoms with Gasteiger partial charge in [-0.05, 0) is 39.7 Å². The maximum Gasteiger partial charge on any atom is 0.257 e. The highest BCUT2D eigenvalue weighted by atomic mass is 16.5. The van der Waals surface area contributed by atoms with E-state index in [0.29, 0.717) is 31.4 Å². The minimum absolute atomic E-state index is 0.0235. The Morgan fingerprint density at radius 3 is 2.78 bits per heavy atom. The molecule has 1 aromatic heterocycles. The van der Waals surface area contributed by atoms with Gasteiger partial charge in [-0.25, -0.2) is 0 Å². The lowest BCUT2D eigenvalue weighted by Crippen LogP contribution is -2.31. The zero-order chi connectivity index (χ0) is 16.6. The highest BCUT2D eigenvalue weighted by molar-refractivity contribution is 5.99. The molecule has 6 heteroatoms. The van der Waals surface area contributed by atoms with Crippen molar-refractivity contribution >= 4 is 11.8 Å². The molecule has 23 heavy (non-hydrogen) atoms. The van der Waals surface area contributed by atoms with Crippen molar-refractivity contribution in [2.45, 2.75) is 39.7 Å².